The van der Waals surface area contributed by atoms with Gasteiger partial charge in [0.05, 0.1) is 11.1 Å². The lowest BCUT2D eigenvalue weighted by molar-refractivity contribution is 0.0698. The highest BCUT2D eigenvalue weighted by atomic mass is 35.5. The van der Waals surface area contributed by atoms with Gasteiger partial charge in [-0.3, -0.25) is 4.79 Å². The summed E-state index contributed by atoms with van der Waals surface area (Å²) in [5.74, 6) is -1.08. The maximum Gasteiger partial charge on any atom is 0.337 e. The van der Waals surface area contributed by atoms with Crippen LogP contribution in [0.2, 0.25) is 5.02 Å². The number of rotatable bonds is 7. The molecule has 0 bridgehead atoms. The Morgan fingerprint density at radius 1 is 1.09 bits per heavy atom. The van der Waals surface area contributed by atoms with Crippen LogP contribution in [0, 0.1) is 0 Å². The van der Waals surface area contributed by atoms with E-state index in [4.69, 9.17) is 28.9 Å². The maximum atomic E-state index is 11.9. The molecule has 5 nitrogen and oxygen atoms in total. The topological polar surface area (TPSA) is 96.2 Å². The second-order valence-corrected chi connectivity index (χ2v) is 9.85. The summed E-state index contributed by atoms with van der Waals surface area (Å²) in [6, 6.07) is 18.0. The number of para-hydroxylation sites is 1. The van der Waals surface area contributed by atoms with Gasteiger partial charge in [0.1, 0.15) is 4.87 Å². The van der Waals surface area contributed by atoms with Crippen LogP contribution in [0.4, 0.5) is 0 Å². The first kappa shape index (κ1) is 22.5. The number of H-pyrrole nitrogens is 1. The molecule has 1 aromatic heterocycles. The number of carboxylic acid groups (broad SMARTS) is 1. The Hall–Kier alpha value is -3.28. The Labute approximate surface area is 206 Å². The molecule has 172 valence electrons. The Morgan fingerprint density at radius 3 is 2.47 bits per heavy atom. The first-order valence-corrected chi connectivity index (χ1v) is 11.7. The molecule has 34 heavy (non-hydrogen) atoms. The zero-order valence-electron chi connectivity index (χ0n) is 18.1. The number of aromatic carboxylic acids is 1. The number of halogens is 2. The number of amides is 1. The van der Waals surface area contributed by atoms with Crippen LogP contribution in [0.15, 0.2) is 66.9 Å². The van der Waals surface area contributed by atoms with Gasteiger partial charge in [-0.1, -0.05) is 41.9 Å². The molecule has 1 saturated carbocycles. The number of alkyl halides is 1. The van der Waals surface area contributed by atoms with Crippen molar-refractivity contribution in [3.8, 4) is 0 Å². The molecule has 0 radical (unpaired) electrons. The van der Waals surface area contributed by atoms with Crippen molar-refractivity contribution in [2.24, 2.45) is 5.73 Å². The second-order valence-electron chi connectivity index (χ2n) is 8.77. The summed E-state index contributed by atoms with van der Waals surface area (Å²) in [6.45, 7) is 0. The molecule has 7 heteroatoms. The Kier molecular flexibility index (Phi) is 5.62. The number of carbonyl (C=O) groups excluding carboxylic acids is 1. The minimum atomic E-state index is -1.06. The number of primary amides is 1. The van der Waals surface area contributed by atoms with Gasteiger partial charge in [-0.25, -0.2) is 4.79 Å². The standard InChI is InChI=1S/C27H22Cl2N2O3/c28-19-9-7-18(8-10-19)27(29,23-14-31-24-21(23)2-1-3-22(24)26(33)34)13-17-12-16(25(30)32)6-11-20(17)15-4-5-15/h1-3,6-12,14-15,31H,4-5,13H2,(H2,30,32)(H,33,34). The zero-order valence-corrected chi connectivity index (χ0v) is 19.7. The lowest BCUT2D eigenvalue weighted by Crippen LogP contribution is -2.24. The van der Waals surface area contributed by atoms with Gasteiger partial charge in [0.15, 0.2) is 0 Å². The zero-order chi connectivity index (χ0) is 24.0. The smallest absolute Gasteiger partial charge is 0.337 e. The predicted molar refractivity (Wildman–Crippen MR) is 134 cm³/mol. The third kappa shape index (κ3) is 3.95. The van der Waals surface area contributed by atoms with Crippen LogP contribution in [0.5, 0.6) is 0 Å². The fourth-order valence-corrected chi connectivity index (χ4v) is 5.25. The van der Waals surface area contributed by atoms with Crippen molar-refractivity contribution < 1.29 is 14.7 Å². The quantitative estimate of drug-likeness (QED) is 0.267. The Balaban J connectivity index is 1.72. The molecule has 1 atom stereocenters. The van der Waals surface area contributed by atoms with E-state index in [-0.39, 0.29) is 5.56 Å². The Morgan fingerprint density at radius 2 is 1.82 bits per heavy atom. The molecular formula is C27H22Cl2N2O3. The van der Waals surface area contributed by atoms with Gasteiger partial charge >= 0.3 is 5.97 Å². The summed E-state index contributed by atoms with van der Waals surface area (Å²) in [5.41, 5.74) is 10.4. The number of nitrogens with one attached hydrogen (secondary N) is 1. The SMILES string of the molecule is NC(=O)c1ccc(C2CC2)c(CC(Cl)(c2ccc(Cl)cc2)c2c[nH]c3c(C(=O)O)cccc23)c1. The van der Waals surface area contributed by atoms with Crippen LogP contribution in [-0.4, -0.2) is 22.0 Å². The molecule has 0 aliphatic heterocycles. The fraction of sp³-hybridized carbons (Fsp3) is 0.185. The molecule has 4 aromatic rings. The van der Waals surface area contributed by atoms with Crippen molar-refractivity contribution in [3.05, 3.63) is 105 Å². The lowest BCUT2D eigenvalue weighted by atomic mass is 9.82. The number of nitrogens with two attached hydrogens (primary N) is 1. The number of fused-ring (bicyclic) bond motifs is 1. The predicted octanol–water partition coefficient (Wildman–Crippen LogP) is 6.22. The van der Waals surface area contributed by atoms with Gasteiger partial charge in [0.2, 0.25) is 5.91 Å². The monoisotopic (exact) mass is 492 g/mol. The largest absolute Gasteiger partial charge is 0.478 e. The molecule has 4 N–H and O–H groups in total. The Bertz CT molecular complexity index is 1420. The van der Waals surface area contributed by atoms with Crippen LogP contribution in [0.1, 0.15) is 61.7 Å². The molecule has 1 amide bonds. The summed E-state index contributed by atoms with van der Waals surface area (Å²) in [4.78, 5) is 25.8. The molecule has 3 aromatic carbocycles. The summed E-state index contributed by atoms with van der Waals surface area (Å²) >= 11 is 13.7. The summed E-state index contributed by atoms with van der Waals surface area (Å²) in [5, 5.41) is 11.0. The van der Waals surface area contributed by atoms with E-state index in [1.165, 1.54) is 0 Å². The van der Waals surface area contributed by atoms with Crippen LogP contribution in [-0.2, 0) is 11.3 Å². The van der Waals surface area contributed by atoms with E-state index in [1.807, 2.05) is 30.3 Å². The lowest BCUT2D eigenvalue weighted by Gasteiger charge is -2.29. The van der Waals surface area contributed by atoms with E-state index in [1.54, 1.807) is 36.5 Å². The number of carbonyl (C=O) groups is 2. The molecule has 0 saturated heterocycles. The van der Waals surface area contributed by atoms with Crippen molar-refractivity contribution in [2.75, 3.05) is 0 Å². The summed E-state index contributed by atoms with van der Waals surface area (Å²) in [6.07, 6.45) is 4.34. The first-order chi connectivity index (χ1) is 16.3. The van der Waals surface area contributed by atoms with E-state index in [0.29, 0.717) is 28.4 Å². The highest BCUT2D eigenvalue weighted by Crippen LogP contribution is 2.47. The summed E-state index contributed by atoms with van der Waals surface area (Å²) < 4.78 is 0. The summed E-state index contributed by atoms with van der Waals surface area (Å²) in [7, 11) is 0. The molecule has 1 aliphatic carbocycles. The highest BCUT2D eigenvalue weighted by molar-refractivity contribution is 6.31. The van der Waals surface area contributed by atoms with Crippen LogP contribution in [0.25, 0.3) is 10.9 Å². The molecular weight excluding hydrogens is 471 g/mol. The van der Waals surface area contributed by atoms with Gasteiger partial charge in [0.25, 0.3) is 0 Å². The van der Waals surface area contributed by atoms with E-state index in [2.05, 4.69) is 4.98 Å². The number of aromatic amines is 1. The molecule has 1 heterocycles. The van der Waals surface area contributed by atoms with Crippen molar-refractivity contribution >= 4 is 46.0 Å². The van der Waals surface area contributed by atoms with Crippen molar-refractivity contribution in [1.82, 2.24) is 4.98 Å². The van der Waals surface area contributed by atoms with Gasteiger partial charge < -0.3 is 15.8 Å². The fourth-order valence-electron chi connectivity index (χ4n) is 4.69. The van der Waals surface area contributed by atoms with E-state index in [0.717, 1.165) is 40.5 Å². The number of aromatic nitrogens is 1. The van der Waals surface area contributed by atoms with Crippen LogP contribution in [0.3, 0.4) is 0 Å². The van der Waals surface area contributed by atoms with Crippen LogP contribution < -0.4 is 5.73 Å². The minimum absolute atomic E-state index is 0.174. The maximum absolute atomic E-state index is 11.9. The molecule has 5 rings (SSSR count). The van der Waals surface area contributed by atoms with Gasteiger partial charge in [0, 0.05) is 34.2 Å². The third-order valence-corrected chi connectivity index (χ3v) is 7.36. The normalized spacial score (nSPS) is 15.2. The average molecular weight is 493 g/mol. The van der Waals surface area contributed by atoms with Gasteiger partial charge in [-0.2, -0.15) is 0 Å². The van der Waals surface area contributed by atoms with Gasteiger partial charge in [-0.05, 0) is 65.8 Å². The van der Waals surface area contributed by atoms with E-state index >= 15 is 0 Å². The number of carboxylic acids is 1. The molecule has 1 unspecified atom stereocenters. The van der Waals surface area contributed by atoms with Crippen LogP contribution >= 0.6 is 23.2 Å². The van der Waals surface area contributed by atoms with E-state index < -0.39 is 16.8 Å². The van der Waals surface area contributed by atoms with Crippen molar-refractivity contribution in [2.45, 2.75) is 30.1 Å². The van der Waals surface area contributed by atoms with Gasteiger partial charge in [-0.15, -0.1) is 11.6 Å². The van der Waals surface area contributed by atoms with E-state index in [9.17, 15) is 14.7 Å². The number of hydrogen-bond acceptors (Lipinski definition) is 2. The molecule has 0 spiro atoms. The van der Waals surface area contributed by atoms with Crippen molar-refractivity contribution in [3.63, 3.8) is 0 Å². The molecule has 1 fully saturated rings. The van der Waals surface area contributed by atoms with Crippen molar-refractivity contribution in [1.29, 1.82) is 0 Å². The molecule has 1 aliphatic rings. The first-order valence-electron chi connectivity index (χ1n) is 11.0. The minimum Gasteiger partial charge on any atom is -0.478 e. The number of hydrogen-bond donors (Lipinski definition) is 3. The highest BCUT2D eigenvalue weighted by Gasteiger charge is 2.37. The second kappa shape index (κ2) is 8.49. The average Bonchev–Trinajstić information content (AvgIpc) is 3.56. The third-order valence-electron chi connectivity index (χ3n) is 6.55. The number of benzene rings is 3.